The Morgan fingerprint density at radius 1 is 1.30 bits per heavy atom. The van der Waals surface area contributed by atoms with Crippen LogP contribution in [0.3, 0.4) is 0 Å². The van der Waals surface area contributed by atoms with Crippen LogP contribution in [0.2, 0.25) is 0 Å². The topological polar surface area (TPSA) is 62.8 Å². The van der Waals surface area contributed by atoms with Crippen LogP contribution in [0.25, 0.3) is 0 Å². The van der Waals surface area contributed by atoms with Gasteiger partial charge in [0.1, 0.15) is 11.9 Å². The van der Waals surface area contributed by atoms with Gasteiger partial charge in [-0.2, -0.15) is 0 Å². The summed E-state index contributed by atoms with van der Waals surface area (Å²) in [6.07, 6.45) is 0.871. The van der Waals surface area contributed by atoms with Crippen LogP contribution in [0.1, 0.15) is 12.5 Å². The number of para-hydroxylation sites is 1. The Kier molecular flexibility index (Phi) is 5.35. The van der Waals surface area contributed by atoms with Gasteiger partial charge in [0.2, 0.25) is 0 Å². The van der Waals surface area contributed by atoms with Crippen molar-refractivity contribution in [2.45, 2.75) is 25.5 Å². The number of fused-ring (bicyclic) bond motifs is 1. The van der Waals surface area contributed by atoms with Crippen molar-refractivity contribution in [2.75, 3.05) is 39.4 Å². The molecule has 0 spiro atoms. The monoisotopic (exact) mass is 319 g/mol. The molecule has 2 aliphatic heterocycles. The van der Waals surface area contributed by atoms with Crippen molar-refractivity contribution in [3.05, 3.63) is 29.8 Å². The molecule has 0 unspecified atom stereocenters. The summed E-state index contributed by atoms with van der Waals surface area (Å²) in [5.74, 6) is 0.931. The fourth-order valence-corrected chi connectivity index (χ4v) is 3.02. The number of benzene rings is 1. The van der Waals surface area contributed by atoms with Gasteiger partial charge in [-0.3, -0.25) is 4.90 Å². The zero-order valence-electron chi connectivity index (χ0n) is 13.6. The molecule has 0 bridgehead atoms. The summed E-state index contributed by atoms with van der Waals surface area (Å²) in [4.78, 5) is 14.3. The molecule has 3 rings (SSSR count). The second-order valence-corrected chi connectivity index (χ2v) is 6.14. The number of urea groups is 1. The zero-order valence-corrected chi connectivity index (χ0v) is 13.6. The lowest BCUT2D eigenvalue weighted by atomic mass is 10.1. The SMILES string of the molecule is C[C@@H](CNC(=O)NC[C@@H]1Cc2ccccc2O1)N1CCOCC1. The number of morpholine rings is 1. The fraction of sp³-hybridized carbons (Fsp3) is 0.588. The van der Waals surface area contributed by atoms with E-state index in [1.54, 1.807) is 0 Å². The van der Waals surface area contributed by atoms with E-state index in [-0.39, 0.29) is 12.1 Å². The normalized spacial score (nSPS) is 22.0. The number of carbonyl (C=O) groups excluding carboxylic acids is 1. The molecule has 0 saturated carbocycles. The number of rotatable bonds is 5. The van der Waals surface area contributed by atoms with Crippen LogP contribution in [0.15, 0.2) is 24.3 Å². The van der Waals surface area contributed by atoms with E-state index in [0.29, 0.717) is 19.1 Å². The van der Waals surface area contributed by atoms with Crippen LogP contribution in [-0.4, -0.2) is 62.5 Å². The maximum Gasteiger partial charge on any atom is 0.314 e. The van der Waals surface area contributed by atoms with Crippen molar-refractivity contribution in [3.8, 4) is 5.75 Å². The lowest BCUT2D eigenvalue weighted by molar-refractivity contribution is 0.0209. The Balaban J connectivity index is 1.34. The van der Waals surface area contributed by atoms with E-state index in [4.69, 9.17) is 9.47 Å². The molecule has 6 nitrogen and oxygen atoms in total. The first-order valence-electron chi connectivity index (χ1n) is 8.30. The Morgan fingerprint density at radius 3 is 2.87 bits per heavy atom. The van der Waals surface area contributed by atoms with Gasteiger partial charge in [-0.25, -0.2) is 4.79 Å². The van der Waals surface area contributed by atoms with Crippen molar-refractivity contribution in [1.29, 1.82) is 0 Å². The highest BCUT2D eigenvalue weighted by atomic mass is 16.5. The van der Waals surface area contributed by atoms with Gasteiger partial charge in [0.05, 0.1) is 19.8 Å². The van der Waals surface area contributed by atoms with Crippen LogP contribution in [0, 0.1) is 0 Å². The molecular formula is C17H25N3O3. The van der Waals surface area contributed by atoms with Crippen LogP contribution < -0.4 is 15.4 Å². The quantitative estimate of drug-likeness (QED) is 0.850. The first-order valence-corrected chi connectivity index (χ1v) is 8.30. The van der Waals surface area contributed by atoms with Crippen LogP contribution in [-0.2, 0) is 11.2 Å². The molecule has 1 aromatic carbocycles. The van der Waals surface area contributed by atoms with E-state index in [9.17, 15) is 4.79 Å². The molecule has 1 saturated heterocycles. The summed E-state index contributed by atoms with van der Waals surface area (Å²) in [5.41, 5.74) is 1.21. The molecule has 1 aromatic rings. The van der Waals surface area contributed by atoms with E-state index in [0.717, 1.165) is 38.5 Å². The summed E-state index contributed by atoms with van der Waals surface area (Å²) in [7, 11) is 0. The maximum absolute atomic E-state index is 11.9. The number of carbonyl (C=O) groups is 1. The largest absolute Gasteiger partial charge is 0.488 e. The first-order chi connectivity index (χ1) is 11.2. The second kappa shape index (κ2) is 7.66. The minimum atomic E-state index is -0.135. The van der Waals surface area contributed by atoms with Crippen LogP contribution in [0.4, 0.5) is 4.79 Å². The summed E-state index contributed by atoms with van der Waals surface area (Å²) in [6.45, 7) is 6.69. The molecule has 6 heteroatoms. The minimum absolute atomic E-state index is 0.0230. The lowest BCUT2D eigenvalue weighted by Gasteiger charge is -2.32. The van der Waals surface area contributed by atoms with Gasteiger partial charge >= 0.3 is 6.03 Å². The van der Waals surface area contributed by atoms with Gasteiger partial charge < -0.3 is 20.1 Å². The number of ether oxygens (including phenoxy) is 2. The Labute approximate surface area is 137 Å². The summed E-state index contributed by atoms with van der Waals surface area (Å²) in [6, 6.07) is 8.20. The standard InChI is InChI=1S/C17H25N3O3/c1-13(20-6-8-22-9-7-20)11-18-17(21)19-12-15-10-14-4-2-3-5-16(14)23-15/h2-5,13,15H,6-12H2,1H3,(H2,18,19,21)/t13-,15-/m0/s1. The van der Waals surface area contributed by atoms with Gasteiger partial charge in [-0.05, 0) is 18.6 Å². The molecular weight excluding hydrogens is 294 g/mol. The lowest BCUT2D eigenvalue weighted by Crippen LogP contribution is -2.49. The molecule has 2 amide bonds. The number of amides is 2. The third-order valence-corrected chi connectivity index (χ3v) is 4.43. The van der Waals surface area contributed by atoms with Gasteiger partial charge in [-0.15, -0.1) is 0 Å². The summed E-state index contributed by atoms with van der Waals surface area (Å²) >= 11 is 0. The van der Waals surface area contributed by atoms with E-state index in [1.807, 2.05) is 18.2 Å². The Morgan fingerprint density at radius 2 is 2.09 bits per heavy atom. The number of nitrogens with one attached hydrogen (secondary N) is 2. The smallest absolute Gasteiger partial charge is 0.314 e. The number of hydrogen-bond donors (Lipinski definition) is 2. The average Bonchev–Trinajstić information content (AvgIpc) is 3.01. The molecule has 2 N–H and O–H groups in total. The molecule has 0 aromatic heterocycles. The summed E-state index contributed by atoms with van der Waals surface area (Å²) < 4.78 is 11.2. The second-order valence-electron chi connectivity index (χ2n) is 6.14. The van der Waals surface area contributed by atoms with E-state index in [2.05, 4.69) is 28.5 Å². The maximum atomic E-state index is 11.9. The number of hydrogen-bond acceptors (Lipinski definition) is 4. The highest BCUT2D eigenvalue weighted by Crippen LogP contribution is 2.27. The fourth-order valence-electron chi connectivity index (χ4n) is 3.02. The van der Waals surface area contributed by atoms with E-state index in [1.165, 1.54) is 5.56 Å². The molecule has 2 aliphatic rings. The molecule has 2 heterocycles. The molecule has 2 atom stereocenters. The predicted molar refractivity (Wildman–Crippen MR) is 87.8 cm³/mol. The molecule has 126 valence electrons. The molecule has 1 fully saturated rings. The highest BCUT2D eigenvalue weighted by molar-refractivity contribution is 5.73. The number of nitrogens with zero attached hydrogens (tertiary/aromatic N) is 1. The van der Waals surface area contributed by atoms with Crippen LogP contribution in [0.5, 0.6) is 5.75 Å². The van der Waals surface area contributed by atoms with Crippen molar-refractivity contribution < 1.29 is 14.3 Å². The Bertz CT molecular complexity index is 507. The van der Waals surface area contributed by atoms with E-state index < -0.39 is 0 Å². The third kappa shape index (κ3) is 4.36. The molecule has 0 radical (unpaired) electrons. The molecule has 0 aliphatic carbocycles. The van der Waals surface area contributed by atoms with Crippen molar-refractivity contribution >= 4 is 6.03 Å². The molecule has 23 heavy (non-hydrogen) atoms. The van der Waals surface area contributed by atoms with Crippen molar-refractivity contribution in [3.63, 3.8) is 0 Å². The van der Waals surface area contributed by atoms with Gasteiger partial charge in [0.15, 0.2) is 0 Å². The summed E-state index contributed by atoms with van der Waals surface area (Å²) in [5, 5.41) is 5.84. The van der Waals surface area contributed by atoms with Gasteiger partial charge in [-0.1, -0.05) is 18.2 Å². The zero-order chi connectivity index (χ0) is 16.1. The first kappa shape index (κ1) is 16.1. The van der Waals surface area contributed by atoms with Gasteiger partial charge in [0, 0.05) is 32.1 Å². The average molecular weight is 319 g/mol. The van der Waals surface area contributed by atoms with E-state index >= 15 is 0 Å². The minimum Gasteiger partial charge on any atom is -0.488 e. The van der Waals surface area contributed by atoms with Crippen LogP contribution >= 0.6 is 0 Å². The third-order valence-electron chi connectivity index (χ3n) is 4.43. The highest BCUT2D eigenvalue weighted by Gasteiger charge is 2.23. The predicted octanol–water partition coefficient (Wildman–Crippen LogP) is 1.01. The van der Waals surface area contributed by atoms with Crippen molar-refractivity contribution in [1.82, 2.24) is 15.5 Å². The van der Waals surface area contributed by atoms with Crippen molar-refractivity contribution in [2.24, 2.45) is 0 Å². The van der Waals surface area contributed by atoms with Gasteiger partial charge in [0.25, 0.3) is 0 Å². The Hall–Kier alpha value is -1.79.